The van der Waals surface area contributed by atoms with Gasteiger partial charge in [-0.1, -0.05) is 35.5 Å². The molecule has 1 saturated heterocycles. The summed E-state index contributed by atoms with van der Waals surface area (Å²) in [6.07, 6.45) is 3.42. The Balaban J connectivity index is 1.50. The lowest BCUT2D eigenvalue weighted by Gasteiger charge is -2.37. The van der Waals surface area contributed by atoms with Gasteiger partial charge in [0.1, 0.15) is 0 Å². The number of likely N-dealkylation sites (tertiary alicyclic amines) is 1. The molecule has 1 aromatic heterocycles. The Bertz CT molecular complexity index is 703. The molecule has 1 amide bonds. The summed E-state index contributed by atoms with van der Waals surface area (Å²) in [5.74, 6) is 0.244. The fraction of sp³-hybridized carbons (Fsp3) is 0.526. The van der Waals surface area contributed by atoms with Crippen molar-refractivity contribution < 1.29 is 9.32 Å². The topological polar surface area (TPSA) is 74.5 Å². The minimum atomic E-state index is -0.346. The summed E-state index contributed by atoms with van der Waals surface area (Å²) < 4.78 is 5.01. The van der Waals surface area contributed by atoms with Crippen LogP contribution in [0.1, 0.15) is 34.9 Å². The number of piperidine rings is 1. The van der Waals surface area contributed by atoms with Crippen LogP contribution < -0.4 is 5.32 Å². The fourth-order valence-corrected chi connectivity index (χ4v) is 3.38. The molecule has 1 aromatic carbocycles. The van der Waals surface area contributed by atoms with Gasteiger partial charge in [0.25, 0.3) is 0 Å². The van der Waals surface area contributed by atoms with Crippen LogP contribution in [0.2, 0.25) is 0 Å². The molecular weight excluding hydrogens is 330 g/mol. The first kappa shape index (κ1) is 18.5. The SMILES string of the molecule is CNC(=O)c1nc(CN2CCC[C@H](N(C)CCc3ccccc3)C2)no1. The molecule has 1 aliphatic rings. The van der Waals surface area contributed by atoms with Crippen LogP contribution in [0.3, 0.4) is 0 Å². The highest BCUT2D eigenvalue weighted by atomic mass is 16.5. The number of carbonyl (C=O) groups is 1. The molecule has 0 unspecified atom stereocenters. The van der Waals surface area contributed by atoms with Crippen LogP contribution in [-0.2, 0) is 13.0 Å². The van der Waals surface area contributed by atoms with Gasteiger partial charge in [-0.15, -0.1) is 0 Å². The van der Waals surface area contributed by atoms with Crippen molar-refractivity contribution in [1.29, 1.82) is 0 Å². The van der Waals surface area contributed by atoms with E-state index >= 15 is 0 Å². The molecule has 2 aromatic rings. The summed E-state index contributed by atoms with van der Waals surface area (Å²) in [5, 5.41) is 6.42. The van der Waals surface area contributed by atoms with Crippen LogP contribution in [0, 0.1) is 0 Å². The van der Waals surface area contributed by atoms with Gasteiger partial charge in [-0.05, 0) is 38.4 Å². The Morgan fingerprint density at radius 1 is 1.38 bits per heavy atom. The van der Waals surface area contributed by atoms with Crippen molar-refractivity contribution in [3.63, 3.8) is 0 Å². The molecule has 1 N–H and O–H groups in total. The molecule has 0 bridgehead atoms. The third-order valence-corrected chi connectivity index (χ3v) is 4.95. The molecule has 26 heavy (non-hydrogen) atoms. The molecular formula is C19H27N5O2. The van der Waals surface area contributed by atoms with Crippen LogP contribution >= 0.6 is 0 Å². The Morgan fingerprint density at radius 2 is 2.19 bits per heavy atom. The van der Waals surface area contributed by atoms with E-state index in [0.717, 1.165) is 32.5 Å². The number of likely N-dealkylation sites (N-methyl/N-ethyl adjacent to an activating group) is 1. The summed E-state index contributed by atoms with van der Waals surface area (Å²) >= 11 is 0. The van der Waals surface area contributed by atoms with Gasteiger partial charge in [-0.25, -0.2) is 0 Å². The molecule has 7 nitrogen and oxygen atoms in total. The van der Waals surface area contributed by atoms with Crippen molar-refractivity contribution in [3.05, 3.63) is 47.6 Å². The third-order valence-electron chi connectivity index (χ3n) is 4.95. The maximum atomic E-state index is 11.5. The zero-order valence-electron chi connectivity index (χ0n) is 15.5. The van der Waals surface area contributed by atoms with Crippen molar-refractivity contribution in [2.45, 2.75) is 31.8 Å². The van der Waals surface area contributed by atoms with Gasteiger partial charge < -0.3 is 14.7 Å². The first-order valence-electron chi connectivity index (χ1n) is 9.17. The van der Waals surface area contributed by atoms with E-state index in [9.17, 15) is 4.79 Å². The molecule has 1 fully saturated rings. The lowest BCUT2D eigenvalue weighted by atomic mass is 10.0. The minimum Gasteiger partial charge on any atom is -0.351 e. The molecule has 2 heterocycles. The number of nitrogens with zero attached hydrogens (tertiary/aromatic N) is 4. The Kier molecular flexibility index (Phi) is 6.35. The van der Waals surface area contributed by atoms with Gasteiger partial charge in [0.05, 0.1) is 6.54 Å². The van der Waals surface area contributed by atoms with Crippen molar-refractivity contribution in [2.75, 3.05) is 33.7 Å². The van der Waals surface area contributed by atoms with Crippen LogP contribution in [-0.4, -0.2) is 65.6 Å². The number of nitrogens with one attached hydrogen (secondary N) is 1. The molecule has 1 atom stereocenters. The van der Waals surface area contributed by atoms with Gasteiger partial charge >= 0.3 is 11.8 Å². The zero-order chi connectivity index (χ0) is 18.4. The number of rotatable bonds is 7. The minimum absolute atomic E-state index is 0.0241. The van der Waals surface area contributed by atoms with E-state index in [-0.39, 0.29) is 11.8 Å². The summed E-state index contributed by atoms with van der Waals surface area (Å²) in [4.78, 5) is 20.5. The van der Waals surface area contributed by atoms with E-state index in [1.54, 1.807) is 7.05 Å². The summed E-state index contributed by atoms with van der Waals surface area (Å²) in [7, 11) is 3.75. The Hall–Kier alpha value is -2.25. The quantitative estimate of drug-likeness (QED) is 0.811. The average molecular weight is 357 g/mol. The van der Waals surface area contributed by atoms with Gasteiger partial charge in [0, 0.05) is 26.2 Å². The second-order valence-electron chi connectivity index (χ2n) is 6.84. The molecule has 0 aliphatic carbocycles. The number of hydrogen-bond donors (Lipinski definition) is 1. The number of hydrogen-bond acceptors (Lipinski definition) is 6. The fourth-order valence-electron chi connectivity index (χ4n) is 3.38. The van der Waals surface area contributed by atoms with E-state index in [2.05, 4.69) is 62.6 Å². The van der Waals surface area contributed by atoms with Gasteiger partial charge in [-0.3, -0.25) is 9.69 Å². The molecule has 0 saturated carbocycles. The van der Waals surface area contributed by atoms with Gasteiger partial charge in [-0.2, -0.15) is 4.98 Å². The van der Waals surface area contributed by atoms with E-state index in [1.807, 2.05) is 0 Å². The monoisotopic (exact) mass is 357 g/mol. The maximum absolute atomic E-state index is 11.5. The number of amides is 1. The molecule has 3 rings (SSSR count). The predicted octanol–water partition coefficient (Wildman–Crippen LogP) is 1.57. The lowest BCUT2D eigenvalue weighted by Crippen LogP contribution is -2.46. The third kappa shape index (κ3) is 4.89. The summed E-state index contributed by atoms with van der Waals surface area (Å²) in [6.45, 7) is 3.66. The molecule has 1 aliphatic heterocycles. The average Bonchev–Trinajstić information content (AvgIpc) is 3.15. The zero-order valence-corrected chi connectivity index (χ0v) is 15.5. The highest BCUT2D eigenvalue weighted by Gasteiger charge is 2.24. The first-order valence-corrected chi connectivity index (χ1v) is 9.17. The van der Waals surface area contributed by atoms with E-state index in [4.69, 9.17) is 4.52 Å². The molecule has 0 spiro atoms. The lowest BCUT2D eigenvalue weighted by molar-refractivity contribution is 0.0919. The predicted molar refractivity (Wildman–Crippen MR) is 98.8 cm³/mol. The highest BCUT2D eigenvalue weighted by molar-refractivity contribution is 5.89. The normalized spacial score (nSPS) is 18.2. The smallest absolute Gasteiger partial charge is 0.315 e. The molecule has 0 radical (unpaired) electrons. The molecule has 7 heteroatoms. The first-order chi connectivity index (χ1) is 12.7. The summed E-state index contributed by atoms with van der Waals surface area (Å²) in [6, 6.07) is 11.1. The van der Waals surface area contributed by atoms with E-state index < -0.39 is 0 Å². The summed E-state index contributed by atoms with van der Waals surface area (Å²) in [5.41, 5.74) is 1.38. The van der Waals surface area contributed by atoms with Crippen LogP contribution in [0.4, 0.5) is 0 Å². The van der Waals surface area contributed by atoms with Crippen LogP contribution in [0.15, 0.2) is 34.9 Å². The van der Waals surface area contributed by atoms with Crippen LogP contribution in [0.25, 0.3) is 0 Å². The second-order valence-corrected chi connectivity index (χ2v) is 6.84. The highest BCUT2D eigenvalue weighted by Crippen LogP contribution is 2.17. The van der Waals surface area contributed by atoms with Crippen molar-refractivity contribution in [3.8, 4) is 0 Å². The Labute approximate surface area is 154 Å². The van der Waals surface area contributed by atoms with Gasteiger partial charge in [0.15, 0.2) is 5.82 Å². The van der Waals surface area contributed by atoms with E-state index in [1.165, 1.54) is 12.0 Å². The van der Waals surface area contributed by atoms with Crippen molar-refractivity contribution in [2.24, 2.45) is 0 Å². The second kappa shape index (κ2) is 8.91. The largest absolute Gasteiger partial charge is 0.351 e. The number of carbonyl (C=O) groups excluding carboxylic acids is 1. The van der Waals surface area contributed by atoms with Gasteiger partial charge in [0.2, 0.25) is 0 Å². The number of aromatic nitrogens is 2. The van der Waals surface area contributed by atoms with Crippen molar-refractivity contribution in [1.82, 2.24) is 25.3 Å². The van der Waals surface area contributed by atoms with E-state index in [0.29, 0.717) is 18.4 Å². The number of benzene rings is 1. The van der Waals surface area contributed by atoms with Crippen LogP contribution in [0.5, 0.6) is 0 Å². The Morgan fingerprint density at radius 3 is 2.96 bits per heavy atom. The standard InChI is InChI=1S/C19H27N5O2/c1-20-18(25)19-21-17(22-26-19)14-24-11-6-9-16(13-24)23(2)12-10-15-7-4-3-5-8-15/h3-5,7-8,16H,6,9-14H2,1-2H3,(H,20,25)/t16-/m0/s1. The van der Waals surface area contributed by atoms with Crippen molar-refractivity contribution >= 4 is 5.91 Å². The molecule has 140 valence electrons. The maximum Gasteiger partial charge on any atom is 0.315 e.